The molecule has 2 aromatic rings. The first-order chi connectivity index (χ1) is 9.81. The second-order valence-electron chi connectivity index (χ2n) is 4.75. The van der Waals surface area contributed by atoms with Gasteiger partial charge in [0.2, 0.25) is 0 Å². The summed E-state index contributed by atoms with van der Waals surface area (Å²) < 4.78 is 27.9. The highest BCUT2D eigenvalue weighted by Gasteiger charge is 2.19. The largest absolute Gasteiger partial charge is 0.345 e. The third kappa shape index (κ3) is 3.05. The number of hydrogen-bond donors (Lipinski definition) is 1. The van der Waals surface area contributed by atoms with Gasteiger partial charge in [0.15, 0.2) is 11.6 Å². The molecule has 1 aromatic carbocycles. The Morgan fingerprint density at radius 3 is 2.57 bits per heavy atom. The number of carbonyl (C=O) groups excluding carboxylic acids is 1. The van der Waals surface area contributed by atoms with Gasteiger partial charge in [-0.2, -0.15) is 5.10 Å². The Morgan fingerprint density at radius 1 is 1.38 bits per heavy atom. The zero-order chi connectivity index (χ0) is 15.7. The van der Waals surface area contributed by atoms with Crippen molar-refractivity contribution in [2.75, 3.05) is 0 Å². The highest BCUT2D eigenvalue weighted by Crippen LogP contribution is 2.22. The van der Waals surface area contributed by atoms with E-state index < -0.39 is 17.5 Å². The van der Waals surface area contributed by atoms with Gasteiger partial charge in [0.1, 0.15) is 0 Å². The van der Waals surface area contributed by atoms with Crippen LogP contribution in [-0.2, 0) is 7.05 Å². The molecule has 1 heterocycles. The molecule has 7 heteroatoms. The smallest absolute Gasteiger partial charge is 0.253 e. The number of nitrogens with one attached hydrogen (secondary N) is 1. The predicted molar refractivity (Wildman–Crippen MR) is 75.2 cm³/mol. The van der Waals surface area contributed by atoms with Crippen LogP contribution in [0.1, 0.15) is 34.6 Å². The van der Waals surface area contributed by atoms with Crippen molar-refractivity contribution in [2.45, 2.75) is 19.9 Å². The standard InChI is InChI=1S/C14H14ClF2N3O/c1-7(10-6-18-20(3)8(10)2)19-14(21)9-4-12(16)13(17)5-11(9)15/h4-7H,1-3H3,(H,19,21)/t7-/m1/s1. The van der Waals surface area contributed by atoms with Gasteiger partial charge in [-0.1, -0.05) is 11.6 Å². The van der Waals surface area contributed by atoms with Gasteiger partial charge in [0.25, 0.3) is 5.91 Å². The average molecular weight is 314 g/mol. The molecule has 0 saturated carbocycles. The maximum Gasteiger partial charge on any atom is 0.253 e. The zero-order valence-electron chi connectivity index (χ0n) is 11.7. The topological polar surface area (TPSA) is 46.9 Å². The Morgan fingerprint density at radius 2 is 2.00 bits per heavy atom. The molecule has 1 amide bonds. The van der Waals surface area contributed by atoms with Crippen molar-refractivity contribution in [3.05, 3.63) is 51.8 Å². The molecule has 0 unspecified atom stereocenters. The third-order valence-corrected chi connectivity index (χ3v) is 3.65. The molecule has 0 aliphatic carbocycles. The highest BCUT2D eigenvalue weighted by molar-refractivity contribution is 6.33. The van der Waals surface area contributed by atoms with Gasteiger partial charge in [-0.25, -0.2) is 8.78 Å². The molecule has 1 N–H and O–H groups in total. The molecule has 112 valence electrons. The minimum absolute atomic E-state index is 0.107. The summed E-state index contributed by atoms with van der Waals surface area (Å²) in [6.07, 6.45) is 1.65. The van der Waals surface area contributed by atoms with Crippen LogP contribution in [0.15, 0.2) is 18.3 Å². The summed E-state index contributed by atoms with van der Waals surface area (Å²) in [7, 11) is 1.79. The molecule has 0 fully saturated rings. The maximum atomic E-state index is 13.2. The molecule has 0 aliphatic rings. The minimum atomic E-state index is -1.12. The molecule has 21 heavy (non-hydrogen) atoms. The van der Waals surface area contributed by atoms with E-state index in [1.165, 1.54) is 0 Å². The second-order valence-corrected chi connectivity index (χ2v) is 5.16. The number of aryl methyl sites for hydroxylation is 1. The van der Waals surface area contributed by atoms with E-state index in [1.54, 1.807) is 24.9 Å². The summed E-state index contributed by atoms with van der Waals surface area (Å²) in [6.45, 7) is 3.64. The molecule has 1 atom stereocenters. The number of rotatable bonds is 3. The van der Waals surface area contributed by atoms with Gasteiger partial charge < -0.3 is 5.32 Å². The lowest BCUT2D eigenvalue weighted by molar-refractivity contribution is 0.0939. The molecule has 4 nitrogen and oxygen atoms in total. The Labute approximate surface area is 125 Å². The van der Waals surface area contributed by atoms with E-state index in [2.05, 4.69) is 10.4 Å². The number of carbonyl (C=O) groups is 1. The summed E-state index contributed by atoms with van der Waals surface area (Å²) in [5, 5.41) is 6.64. The van der Waals surface area contributed by atoms with Gasteiger partial charge in [-0.15, -0.1) is 0 Å². The molecular weight excluding hydrogens is 300 g/mol. The average Bonchev–Trinajstić information content (AvgIpc) is 2.74. The summed E-state index contributed by atoms with van der Waals surface area (Å²) in [5.41, 5.74) is 1.63. The van der Waals surface area contributed by atoms with Gasteiger partial charge in [-0.3, -0.25) is 9.48 Å². The maximum absolute atomic E-state index is 13.2. The number of hydrogen-bond acceptors (Lipinski definition) is 2. The van der Waals surface area contributed by atoms with Crippen LogP contribution < -0.4 is 5.32 Å². The lowest BCUT2D eigenvalue weighted by Gasteiger charge is -2.14. The molecule has 0 radical (unpaired) electrons. The SMILES string of the molecule is Cc1c([C@@H](C)NC(=O)c2cc(F)c(F)cc2Cl)cnn1C. The minimum Gasteiger partial charge on any atom is -0.345 e. The third-order valence-electron chi connectivity index (χ3n) is 3.34. The van der Waals surface area contributed by atoms with Crippen molar-refractivity contribution >= 4 is 17.5 Å². The fraction of sp³-hybridized carbons (Fsp3) is 0.286. The monoisotopic (exact) mass is 313 g/mol. The van der Waals surface area contributed by atoms with Gasteiger partial charge in [-0.05, 0) is 26.0 Å². The Balaban J connectivity index is 2.22. The number of halogens is 3. The Kier molecular flexibility index (Phi) is 4.27. The Hall–Kier alpha value is -1.95. The predicted octanol–water partition coefficient (Wildman–Crippen LogP) is 3.15. The van der Waals surface area contributed by atoms with Gasteiger partial charge >= 0.3 is 0 Å². The first-order valence-electron chi connectivity index (χ1n) is 6.25. The molecule has 2 rings (SSSR count). The van der Waals surface area contributed by atoms with Crippen molar-refractivity contribution in [1.29, 1.82) is 0 Å². The first kappa shape index (κ1) is 15.4. The second kappa shape index (κ2) is 5.81. The van der Waals surface area contributed by atoms with Crippen molar-refractivity contribution < 1.29 is 13.6 Å². The molecule has 0 bridgehead atoms. The normalized spacial score (nSPS) is 12.3. The zero-order valence-corrected chi connectivity index (χ0v) is 12.5. The summed E-state index contributed by atoms with van der Waals surface area (Å²) in [4.78, 5) is 12.1. The van der Waals surface area contributed by atoms with E-state index in [1.807, 2.05) is 6.92 Å². The molecular formula is C14H14ClF2N3O. The molecule has 0 aliphatic heterocycles. The van der Waals surface area contributed by atoms with Crippen LogP contribution in [0.3, 0.4) is 0 Å². The van der Waals surface area contributed by atoms with Crippen LogP contribution in [0.4, 0.5) is 8.78 Å². The molecule has 0 saturated heterocycles. The van der Waals surface area contributed by atoms with Crippen LogP contribution in [-0.4, -0.2) is 15.7 Å². The van der Waals surface area contributed by atoms with Crippen LogP contribution in [0, 0.1) is 18.6 Å². The number of nitrogens with zero attached hydrogens (tertiary/aromatic N) is 2. The van der Waals surface area contributed by atoms with E-state index >= 15 is 0 Å². The van der Waals surface area contributed by atoms with Gasteiger partial charge in [0, 0.05) is 18.3 Å². The van der Waals surface area contributed by atoms with E-state index in [-0.39, 0.29) is 16.6 Å². The van der Waals surface area contributed by atoms with Crippen LogP contribution in [0.2, 0.25) is 5.02 Å². The van der Waals surface area contributed by atoms with Crippen molar-refractivity contribution in [1.82, 2.24) is 15.1 Å². The summed E-state index contributed by atoms with van der Waals surface area (Å²) >= 11 is 5.78. The lowest BCUT2D eigenvalue weighted by atomic mass is 10.1. The van der Waals surface area contributed by atoms with Gasteiger partial charge in [0.05, 0.1) is 22.8 Å². The van der Waals surface area contributed by atoms with Crippen molar-refractivity contribution in [3.63, 3.8) is 0 Å². The number of benzene rings is 1. The quantitative estimate of drug-likeness (QED) is 0.885. The highest BCUT2D eigenvalue weighted by atomic mass is 35.5. The van der Waals surface area contributed by atoms with Crippen LogP contribution in [0.5, 0.6) is 0 Å². The van der Waals surface area contributed by atoms with Crippen LogP contribution in [0.25, 0.3) is 0 Å². The lowest BCUT2D eigenvalue weighted by Crippen LogP contribution is -2.27. The summed E-state index contributed by atoms with van der Waals surface area (Å²) in [5.74, 6) is -2.78. The fourth-order valence-electron chi connectivity index (χ4n) is 1.99. The fourth-order valence-corrected chi connectivity index (χ4v) is 2.23. The first-order valence-corrected chi connectivity index (χ1v) is 6.63. The summed E-state index contributed by atoms with van der Waals surface area (Å²) in [6, 6.07) is 1.23. The molecule has 1 aromatic heterocycles. The molecule has 0 spiro atoms. The van der Waals surface area contributed by atoms with Crippen molar-refractivity contribution in [2.24, 2.45) is 7.05 Å². The number of amides is 1. The number of aromatic nitrogens is 2. The van der Waals surface area contributed by atoms with E-state index in [0.717, 1.165) is 23.4 Å². The van der Waals surface area contributed by atoms with Crippen molar-refractivity contribution in [3.8, 4) is 0 Å². The van der Waals surface area contributed by atoms with E-state index in [4.69, 9.17) is 11.6 Å². The van der Waals surface area contributed by atoms with E-state index in [0.29, 0.717) is 0 Å². The van der Waals surface area contributed by atoms with E-state index in [9.17, 15) is 13.6 Å². The van der Waals surface area contributed by atoms with Crippen LogP contribution >= 0.6 is 11.6 Å². The Bertz CT molecular complexity index is 700.